The number of nitrogens with two attached hydrogens (primary N) is 2. The van der Waals surface area contributed by atoms with Crippen molar-refractivity contribution in [2.24, 2.45) is 16.5 Å². The Bertz CT molecular complexity index is 216. The Morgan fingerprint density at radius 3 is 2.67 bits per heavy atom. The molecule has 1 unspecified atom stereocenters. The van der Waals surface area contributed by atoms with E-state index < -0.39 is 0 Å². The van der Waals surface area contributed by atoms with Crippen molar-refractivity contribution in [3.63, 3.8) is 0 Å². The summed E-state index contributed by atoms with van der Waals surface area (Å²) in [5, 5.41) is 0. The number of nitrogens with zero attached hydrogens (tertiary/aromatic N) is 2. The predicted molar refractivity (Wildman–Crippen MR) is 61.3 cm³/mol. The molecule has 0 aromatic rings. The van der Waals surface area contributed by atoms with E-state index >= 15 is 0 Å². The lowest BCUT2D eigenvalue weighted by molar-refractivity contribution is 0.440. The summed E-state index contributed by atoms with van der Waals surface area (Å²) in [7, 11) is 0. The fourth-order valence-corrected chi connectivity index (χ4v) is 1.29. The van der Waals surface area contributed by atoms with E-state index in [1.807, 2.05) is 6.92 Å². The summed E-state index contributed by atoms with van der Waals surface area (Å²) in [5.74, 6) is 0.764. The number of rotatable bonds is 1. The van der Waals surface area contributed by atoms with Crippen LogP contribution in [0, 0.1) is 0 Å². The molecule has 1 rings (SSSR count). The molecule has 0 fully saturated rings. The first-order valence-corrected chi connectivity index (χ1v) is 3.81. The molecule has 0 saturated carbocycles. The van der Waals surface area contributed by atoms with Gasteiger partial charge in [0, 0.05) is 6.54 Å². The van der Waals surface area contributed by atoms with Crippen LogP contribution in [0.4, 0.5) is 0 Å². The van der Waals surface area contributed by atoms with Gasteiger partial charge in [-0.05, 0) is 13.0 Å². The Balaban J connectivity index is 0.00000121. The lowest BCUT2D eigenvalue weighted by Gasteiger charge is -2.27. The molecule has 12 heavy (non-hydrogen) atoms. The summed E-state index contributed by atoms with van der Waals surface area (Å²) in [6.45, 7) is 2.68. The molecule has 0 saturated heterocycles. The van der Waals surface area contributed by atoms with Crippen LogP contribution in [0.15, 0.2) is 16.9 Å². The van der Waals surface area contributed by atoms with Crippen molar-refractivity contribution in [2.45, 2.75) is 12.4 Å². The standard InChI is InChI=1S/C6H11ClN4.HI/c1-2-11-4(7)3-5(8)10-6(11)9;/h3-4H,2,8H2,1H3,(H2,9,10);1H. The maximum absolute atomic E-state index is 5.88. The van der Waals surface area contributed by atoms with Crippen LogP contribution in [0.5, 0.6) is 0 Å². The molecule has 0 aromatic heterocycles. The monoisotopic (exact) mass is 302 g/mol. The lowest BCUT2D eigenvalue weighted by atomic mass is 10.4. The number of hydrogen-bond donors (Lipinski definition) is 2. The van der Waals surface area contributed by atoms with Crippen LogP contribution in [0.3, 0.4) is 0 Å². The predicted octanol–water partition coefficient (Wildman–Crippen LogP) is 0.620. The summed E-state index contributed by atoms with van der Waals surface area (Å²) in [6, 6.07) is 0. The molecule has 0 aliphatic carbocycles. The van der Waals surface area contributed by atoms with Gasteiger partial charge in [0.05, 0.1) is 0 Å². The molecule has 0 radical (unpaired) electrons. The van der Waals surface area contributed by atoms with E-state index in [-0.39, 0.29) is 29.5 Å². The zero-order chi connectivity index (χ0) is 8.43. The van der Waals surface area contributed by atoms with Crippen LogP contribution < -0.4 is 11.5 Å². The fourth-order valence-electron chi connectivity index (χ4n) is 0.927. The lowest BCUT2D eigenvalue weighted by Crippen LogP contribution is -2.44. The number of alkyl halides is 1. The zero-order valence-electron chi connectivity index (χ0n) is 6.70. The molecule has 0 amide bonds. The van der Waals surface area contributed by atoms with Gasteiger partial charge in [0.1, 0.15) is 11.3 Å². The highest BCUT2D eigenvalue weighted by Crippen LogP contribution is 2.12. The van der Waals surface area contributed by atoms with Crippen LogP contribution >= 0.6 is 35.6 Å². The smallest absolute Gasteiger partial charge is 0.199 e. The van der Waals surface area contributed by atoms with Crippen molar-refractivity contribution < 1.29 is 0 Å². The fraction of sp³-hybridized carbons (Fsp3) is 0.500. The molecule has 0 spiro atoms. The maximum atomic E-state index is 5.88. The Morgan fingerprint density at radius 2 is 2.25 bits per heavy atom. The van der Waals surface area contributed by atoms with Crippen molar-refractivity contribution in [1.82, 2.24) is 4.90 Å². The Labute approximate surface area is 93.7 Å². The average Bonchev–Trinajstić information content (AvgIpc) is 1.85. The van der Waals surface area contributed by atoms with Crippen molar-refractivity contribution in [2.75, 3.05) is 6.54 Å². The van der Waals surface area contributed by atoms with Crippen molar-refractivity contribution in [3.8, 4) is 0 Å². The number of halogens is 2. The van der Waals surface area contributed by atoms with Gasteiger partial charge in [0.15, 0.2) is 5.96 Å². The summed E-state index contributed by atoms with van der Waals surface area (Å²) in [4.78, 5) is 5.61. The third-order valence-corrected chi connectivity index (χ3v) is 1.85. The van der Waals surface area contributed by atoms with E-state index in [9.17, 15) is 0 Å². The maximum Gasteiger partial charge on any atom is 0.199 e. The molecule has 1 aliphatic heterocycles. The van der Waals surface area contributed by atoms with Crippen LogP contribution in [0.2, 0.25) is 0 Å². The molecule has 6 heteroatoms. The van der Waals surface area contributed by atoms with Gasteiger partial charge in [-0.2, -0.15) is 4.99 Å². The SMILES string of the molecule is CCN1C(N)=NC(N)=CC1Cl.I. The molecule has 4 N–H and O–H groups in total. The van der Waals surface area contributed by atoms with Crippen molar-refractivity contribution in [1.29, 1.82) is 0 Å². The summed E-state index contributed by atoms with van der Waals surface area (Å²) < 4.78 is 0. The van der Waals surface area contributed by atoms with E-state index in [0.717, 1.165) is 6.54 Å². The molecule has 0 aromatic carbocycles. The van der Waals surface area contributed by atoms with Crippen LogP contribution in [-0.2, 0) is 0 Å². The molecular weight excluding hydrogens is 290 g/mol. The Hall–Kier alpha value is -0.170. The molecule has 1 aliphatic rings. The van der Waals surface area contributed by atoms with E-state index in [4.69, 9.17) is 23.1 Å². The summed E-state index contributed by atoms with van der Waals surface area (Å²) >= 11 is 5.88. The van der Waals surface area contributed by atoms with Gasteiger partial charge >= 0.3 is 0 Å². The van der Waals surface area contributed by atoms with Gasteiger partial charge in [-0.25, -0.2) is 0 Å². The second kappa shape index (κ2) is 4.76. The molecule has 4 nitrogen and oxygen atoms in total. The summed E-state index contributed by atoms with van der Waals surface area (Å²) in [5.41, 5.74) is 10.7. The number of guanidine groups is 1. The van der Waals surface area contributed by atoms with Crippen LogP contribution in [0.1, 0.15) is 6.92 Å². The van der Waals surface area contributed by atoms with E-state index in [0.29, 0.717) is 11.8 Å². The van der Waals surface area contributed by atoms with Crippen molar-refractivity contribution >= 4 is 41.5 Å². The molecular formula is C6H12ClIN4. The Morgan fingerprint density at radius 1 is 1.67 bits per heavy atom. The topological polar surface area (TPSA) is 67.6 Å². The first kappa shape index (κ1) is 11.8. The van der Waals surface area contributed by atoms with E-state index in [2.05, 4.69) is 4.99 Å². The second-order valence-electron chi connectivity index (χ2n) is 2.22. The molecule has 0 bridgehead atoms. The first-order valence-electron chi connectivity index (χ1n) is 3.37. The molecule has 70 valence electrons. The minimum atomic E-state index is -0.266. The van der Waals surface area contributed by atoms with Gasteiger partial charge in [-0.3, -0.25) is 0 Å². The first-order chi connectivity index (χ1) is 5.15. The van der Waals surface area contributed by atoms with Gasteiger partial charge in [0.2, 0.25) is 0 Å². The van der Waals surface area contributed by atoms with Crippen LogP contribution in [-0.4, -0.2) is 22.9 Å². The van der Waals surface area contributed by atoms with E-state index in [1.54, 1.807) is 11.0 Å². The molecule has 1 heterocycles. The third-order valence-electron chi connectivity index (χ3n) is 1.48. The third kappa shape index (κ3) is 2.41. The average molecular weight is 303 g/mol. The normalized spacial score (nSPS) is 22.5. The highest BCUT2D eigenvalue weighted by Gasteiger charge is 2.18. The van der Waals surface area contributed by atoms with Gasteiger partial charge < -0.3 is 16.4 Å². The molecule has 1 atom stereocenters. The number of aliphatic imine (C=N–C) groups is 1. The zero-order valence-corrected chi connectivity index (χ0v) is 9.78. The van der Waals surface area contributed by atoms with Gasteiger partial charge in [-0.1, -0.05) is 11.6 Å². The highest BCUT2D eigenvalue weighted by atomic mass is 127. The minimum absolute atomic E-state index is 0. The summed E-state index contributed by atoms with van der Waals surface area (Å²) in [6.07, 6.45) is 1.65. The van der Waals surface area contributed by atoms with Crippen molar-refractivity contribution in [3.05, 3.63) is 11.9 Å². The van der Waals surface area contributed by atoms with Gasteiger partial charge in [0.25, 0.3) is 0 Å². The largest absolute Gasteiger partial charge is 0.384 e. The van der Waals surface area contributed by atoms with Gasteiger partial charge in [-0.15, -0.1) is 24.0 Å². The second-order valence-corrected chi connectivity index (χ2v) is 2.67. The quantitative estimate of drug-likeness (QED) is 0.424. The Kier molecular flexibility index (Phi) is 4.69. The van der Waals surface area contributed by atoms with Crippen LogP contribution in [0.25, 0.3) is 0 Å². The number of hydrogen-bond acceptors (Lipinski definition) is 4. The van der Waals surface area contributed by atoms with E-state index in [1.165, 1.54) is 0 Å². The minimum Gasteiger partial charge on any atom is -0.384 e. The number of likely N-dealkylation sites (N-methyl/N-ethyl adjacent to an activating group) is 1. The highest BCUT2D eigenvalue weighted by molar-refractivity contribution is 14.0.